The predicted octanol–water partition coefficient (Wildman–Crippen LogP) is 8.18. The van der Waals surface area contributed by atoms with E-state index in [2.05, 4.69) is 74.5 Å². The summed E-state index contributed by atoms with van der Waals surface area (Å²) in [5.41, 5.74) is 8.35. The van der Waals surface area contributed by atoms with Crippen molar-refractivity contribution in [3.05, 3.63) is 90.4 Å². The van der Waals surface area contributed by atoms with Gasteiger partial charge in [0.1, 0.15) is 0 Å². The van der Waals surface area contributed by atoms with Crippen molar-refractivity contribution < 1.29 is 19.5 Å². The topological polar surface area (TPSA) is 0 Å². The molecule has 0 heterocycles. The van der Waals surface area contributed by atoms with Gasteiger partial charge in [0, 0.05) is 19.5 Å². The molecule has 0 N–H and O–H groups in total. The van der Waals surface area contributed by atoms with Gasteiger partial charge in [0.05, 0.1) is 0 Å². The maximum atomic E-state index is 2.27. The van der Waals surface area contributed by atoms with Crippen LogP contribution in [0.5, 0.6) is 0 Å². The first-order valence-corrected chi connectivity index (χ1v) is 9.88. The van der Waals surface area contributed by atoms with Crippen LogP contribution in [0, 0.1) is 7.43 Å². The van der Waals surface area contributed by atoms with Gasteiger partial charge in [-0.15, -0.1) is 0 Å². The largest absolute Gasteiger partial charge is 0.358 e. The van der Waals surface area contributed by atoms with Crippen molar-refractivity contribution in [2.24, 2.45) is 0 Å². The van der Waals surface area contributed by atoms with Gasteiger partial charge in [0.25, 0.3) is 0 Å². The van der Waals surface area contributed by atoms with Crippen LogP contribution >= 0.6 is 0 Å². The molecule has 1 heteroatoms. The Morgan fingerprint density at radius 3 is 1.15 bits per heavy atom. The Morgan fingerprint density at radius 2 is 0.889 bits per heavy atom. The number of allylic oxidation sites excluding steroid dienone is 4. The van der Waals surface area contributed by atoms with E-state index in [1.807, 2.05) is 27.7 Å². The molecule has 3 rings (SSSR count). The zero-order valence-electron chi connectivity index (χ0n) is 18.2. The number of aryl methyl sites for hydroxylation is 2. The third kappa shape index (κ3) is 7.98. The molecule has 0 saturated heterocycles. The minimum absolute atomic E-state index is 0. The smallest absolute Gasteiger partial charge is 0 e. The first kappa shape index (κ1) is 27.8. The Bertz CT molecular complexity index is 612. The van der Waals surface area contributed by atoms with Gasteiger partial charge in [-0.2, -0.15) is 0 Å². The van der Waals surface area contributed by atoms with Crippen molar-refractivity contribution in [3.8, 4) is 0 Å². The van der Waals surface area contributed by atoms with Crippen molar-refractivity contribution in [1.82, 2.24) is 0 Å². The summed E-state index contributed by atoms with van der Waals surface area (Å²) in [6.45, 7) is 12.4. The number of benzene rings is 2. The fourth-order valence-corrected chi connectivity index (χ4v) is 2.83. The van der Waals surface area contributed by atoms with Gasteiger partial charge in [-0.1, -0.05) is 102 Å². The molecule has 1 aliphatic carbocycles. The van der Waals surface area contributed by atoms with Crippen LogP contribution < -0.4 is 0 Å². The van der Waals surface area contributed by atoms with Crippen LogP contribution in [0.4, 0.5) is 0 Å². The summed E-state index contributed by atoms with van der Waals surface area (Å²) in [5, 5.41) is 0. The molecule has 0 spiro atoms. The summed E-state index contributed by atoms with van der Waals surface area (Å²) in [6.07, 6.45) is 7.78. The first-order valence-electron chi connectivity index (χ1n) is 9.88. The minimum atomic E-state index is 0. The summed E-state index contributed by atoms with van der Waals surface area (Å²) >= 11 is 0. The van der Waals surface area contributed by atoms with Gasteiger partial charge < -0.3 is 7.43 Å². The summed E-state index contributed by atoms with van der Waals surface area (Å²) in [6, 6.07) is 18.0. The Labute approximate surface area is 181 Å². The van der Waals surface area contributed by atoms with Crippen LogP contribution in [0.1, 0.15) is 70.2 Å². The molecule has 27 heavy (non-hydrogen) atoms. The SMILES string of the molecule is CC.CC.CCc1ccc(C2=CC=C(c3ccc(CC)cc3)C2)cc1.[CH3-].[Rh]. The molecule has 2 aromatic carbocycles. The van der Waals surface area contributed by atoms with E-state index in [1.54, 1.807) is 0 Å². The average molecular weight is 452 g/mol. The molecule has 0 aromatic heterocycles. The van der Waals surface area contributed by atoms with E-state index < -0.39 is 0 Å². The zero-order chi connectivity index (χ0) is 18.7. The molecule has 1 radical (unpaired) electrons. The molecule has 0 atom stereocenters. The first-order chi connectivity index (χ1) is 12.3. The Kier molecular flexibility index (Phi) is 16.0. The van der Waals surface area contributed by atoms with Gasteiger partial charge in [-0.25, -0.2) is 0 Å². The standard InChI is InChI=1S/C21H22.2C2H6.CH3.Rh/c1-3-16-5-9-18(10-6-16)20-13-14-21(15-20)19-11-7-17(4-2)8-12-19;2*1-2;;/h5-14H,3-4,15H2,1-2H3;2*1-2H3;1H3;/q;;;-1;. The Hall–Kier alpha value is -1.46. The van der Waals surface area contributed by atoms with E-state index in [4.69, 9.17) is 0 Å². The summed E-state index contributed by atoms with van der Waals surface area (Å²) in [5.74, 6) is 0. The third-order valence-electron chi connectivity index (χ3n) is 4.33. The van der Waals surface area contributed by atoms with E-state index in [-0.39, 0.29) is 26.9 Å². The number of hydrogen-bond donors (Lipinski definition) is 0. The maximum absolute atomic E-state index is 2.27. The second-order valence-electron chi connectivity index (χ2n) is 5.66. The number of rotatable bonds is 4. The maximum Gasteiger partial charge on any atom is 0 e. The van der Waals surface area contributed by atoms with Crippen LogP contribution in [0.3, 0.4) is 0 Å². The predicted molar refractivity (Wildman–Crippen MR) is 121 cm³/mol. The molecular formula is C26H37Rh-. The van der Waals surface area contributed by atoms with Crippen molar-refractivity contribution >= 4 is 11.1 Å². The normalized spacial score (nSPS) is 11.3. The fraction of sp³-hybridized carbons (Fsp3) is 0.346. The molecule has 0 bridgehead atoms. The average Bonchev–Trinajstić information content (AvgIpc) is 3.21. The van der Waals surface area contributed by atoms with Crippen LogP contribution in [0.2, 0.25) is 0 Å². The van der Waals surface area contributed by atoms with Crippen molar-refractivity contribution in [2.75, 3.05) is 0 Å². The van der Waals surface area contributed by atoms with Crippen LogP contribution in [0.15, 0.2) is 60.7 Å². The van der Waals surface area contributed by atoms with Crippen LogP contribution in [-0.2, 0) is 32.3 Å². The second kappa shape index (κ2) is 15.6. The molecule has 1 aliphatic rings. The van der Waals surface area contributed by atoms with Crippen LogP contribution in [-0.4, -0.2) is 0 Å². The quantitative estimate of drug-likeness (QED) is 0.324. The summed E-state index contributed by atoms with van der Waals surface area (Å²) in [7, 11) is 0. The van der Waals surface area contributed by atoms with E-state index in [9.17, 15) is 0 Å². The molecule has 0 saturated carbocycles. The number of hydrogen-bond acceptors (Lipinski definition) is 0. The van der Waals surface area contributed by atoms with Crippen molar-refractivity contribution in [2.45, 2.75) is 60.8 Å². The molecule has 151 valence electrons. The van der Waals surface area contributed by atoms with Crippen molar-refractivity contribution in [3.63, 3.8) is 0 Å². The zero-order valence-corrected chi connectivity index (χ0v) is 19.9. The van der Waals surface area contributed by atoms with E-state index >= 15 is 0 Å². The molecular weight excluding hydrogens is 415 g/mol. The monoisotopic (exact) mass is 452 g/mol. The van der Waals surface area contributed by atoms with E-state index in [0.29, 0.717) is 0 Å². The van der Waals surface area contributed by atoms with Gasteiger partial charge in [-0.05, 0) is 52.7 Å². The van der Waals surface area contributed by atoms with Gasteiger partial charge in [0.2, 0.25) is 0 Å². The fourth-order valence-electron chi connectivity index (χ4n) is 2.83. The van der Waals surface area contributed by atoms with Gasteiger partial charge >= 0.3 is 0 Å². The molecule has 0 nitrogen and oxygen atoms in total. The summed E-state index contributed by atoms with van der Waals surface area (Å²) < 4.78 is 0. The van der Waals surface area contributed by atoms with Gasteiger partial charge in [-0.3, -0.25) is 0 Å². The van der Waals surface area contributed by atoms with Crippen molar-refractivity contribution in [1.29, 1.82) is 0 Å². The summed E-state index contributed by atoms with van der Waals surface area (Å²) in [4.78, 5) is 0. The molecule has 2 aromatic rings. The molecule has 0 fully saturated rings. The van der Waals surface area contributed by atoms with E-state index in [1.165, 1.54) is 33.4 Å². The molecule has 0 amide bonds. The Morgan fingerprint density at radius 1 is 0.593 bits per heavy atom. The second-order valence-corrected chi connectivity index (χ2v) is 5.66. The van der Waals surface area contributed by atoms with Crippen LogP contribution in [0.25, 0.3) is 11.1 Å². The Balaban J connectivity index is 0. The molecule has 0 aliphatic heterocycles. The van der Waals surface area contributed by atoms with Gasteiger partial charge in [0.15, 0.2) is 0 Å². The minimum Gasteiger partial charge on any atom is -0.358 e. The third-order valence-corrected chi connectivity index (χ3v) is 4.33. The van der Waals surface area contributed by atoms with E-state index in [0.717, 1.165) is 19.3 Å². The molecule has 0 unspecified atom stereocenters.